The van der Waals surface area contributed by atoms with Gasteiger partial charge in [0.1, 0.15) is 18.8 Å². The van der Waals surface area contributed by atoms with E-state index in [-0.39, 0.29) is 23.3 Å². The van der Waals surface area contributed by atoms with Crippen LogP contribution in [0.3, 0.4) is 0 Å². The number of hydrogen-bond acceptors (Lipinski definition) is 7. The van der Waals surface area contributed by atoms with Crippen molar-refractivity contribution in [2.45, 2.75) is 23.8 Å². The van der Waals surface area contributed by atoms with Crippen LogP contribution in [0.1, 0.15) is 41.4 Å². The van der Waals surface area contributed by atoms with Crippen molar-refractivity contribution >= 4 is 35.4 Å². The molecule has 0 aliphatic carbocycles. The van der Waals surface area contributed by atoms with Crippen molar-refractivity contribution in [3.05, 3.63) is 107 Å². The van der Waals surface area contributed by atoms with Gasteiger partial charge in [0.05, 0.1) is 22.3 Å². The molecule has 0 spiro atoms. The lowest BCUT2D eigenvalue weighted by atomic mass is 10.1. The van der Waals surface area contributed by atoms with E-state index in [2.05, 4.69) is 0 Å². The average Bonchev–Trinajstić information content (AvgIpc) is 3.35. The van der Waals surface area contributed by atoms with Gasteiger partial charge in [-0.3, -0.25) is 14.5 Å². The van der Waals surface area contributed by atoms with E-state index in [1.165, 1.54) is 0 Å². The Morgan fingerprint density at radius 2 is 1.28 bits per heavy atom. The lowest BCUT2D eigenvalue weighted by Gasteiger charge is -2.30. The molecule has 5 rings (SSSR count). The number of ether oxygens (including phenoxy) is 3. The molecule has 2 heterocycles. The van der Waals surface area contributed by atoms with Crippen molar-refractivity contribution in [1.29, 1.82) is 0 Å². The molecule has 1 unspecified atom stereocenters. The second kappa shape index (κ2) is 9.93. The Morgan fingerprint density at radius 1 is 0.778 bits per heavy atom. The molecule has 182 valence electrons. The van der Waals surface area contributed by atoms with Crippen LogP contribution in [0.25, 0.3) is 0 Å². The van der Waals surface area contributed by atoms with Crippen molar-refractivity contribution in [3.63, 3.8) is 0 Å². The minimum Gasteiger partial charge on any atom is -0.459 e. The van der Waals surface area contributed by atoms with Gasteiger partial charge < -0.3 is 14.2 Å². The van der Waals surface area contributed by atoms with Gasteiger partial charge >= 0.3 is 11.9 Å². The normalized spacial score (nSPS) is 22.9. The number of imide groups is 1. The number of carbonyl (C=O) groups excluding carboxylic acids is 4. The van der Waals surface area contributed by atoms with Crippen molar-refractivity contribution in [2.75, 3.05) is 6.61 Å². The van der Waals surface area contributed by atoms with Crippen LogP contribution in [0, 0.1) is 0 Å². The average molecular weight is 506 g/mol. The summed E-state index contributed by atoms with van der Waals surface area (Å²) in [7, 11) is 0. The molecule has 36 heavy (non-hydrogen) atoms. The monoisotopic (exact) mass is 505 g/mol. The molecule has 9 heteroatoms. The lowest BCUT2D eigenvalue weighted by molar-refractivity contribution is -0.00591. The van der Waals surface area contributed by atoms with Crippen molar-refractivity contribution in [2.24, 2.45) is 0 Å². The molecule has 4 atom stereocenters. The quantitative estimate of drug-likeness (QED) is 0.286. The molecule has 3 aromatic rings. The number of rotatable bonds is 6. The van der Waals surface area contributed by atoms with E-state index in [1.54, 1.807) is 84.9 Å². The van der Waals surface area contributed by atoms with Gasteiger partial charge in [-0.15, -0.1) is 0 Å². The first-order chi connectivity index (χ1) is 17.5. The molecule has 0 bridgehead atoms. The van der Waals surface area contributed by atoms with Crippen LogP contribution >= 0.6 is 11.6 Å². The summed E-state index contributed by atoms with van der Waals surface area (Å²) >= 11 is 6.43. The van der Waals surface area contributed by atoms with Gasteiger partial charge in [-0.05, 0) is 36.4 Å². The predicted molar refractivity (Wildman–Crippen MR) is 128 cm³/mol. The van der Waals surface area contributed by atoms with E-state index in [4.69, 9.17) is 25.8 Å². The Hall–Kier alpha value is -4.01. The molecule has 0 saturated carbocycles. The Labute approximate surface area is 211 Å². The van der Waals surface area contributed by atoms with Crippen LogP contribution in [0.15, 0.2) is 84.9 Å². The van der Waals surface area contributed by atoms with Crippen molar-refractivity contribution in [3.8, 4) is 0 Å². The first-order valence-electron chi connectivity index (χ1n) is 11.2. The van der Waals surface area contributed by atoms with E-state index >= 15 is 0 Å². The van der Waals surface area contributed by atoms with Crippen LogP contribution < -0.4 is 0 Å². The Kier molecular flexibility index (Phi) is 6.54. The maximum Gasteiger partial charge on any atom is 0.338 e. The van der Waals surface area contributed by atoms with Crippen molar-refractivity contribution < 1.29 is 33.4 Å². The number of amides is 2. The molecular weight excluding hydrogens is 486 g/mol. The van der Waals surface area contributed by atoms with Gasteiger partial charge in [-0.2, -0.15) is 0 Å². The minimum absolute atomic E-state index is 0.216. The largest absolute Gasteiger partial charge is 0.459 e. The Morgan fingerprint density at radius 3 is 1.83 bits per heavy atom. The fourth-order valence-corrected chi connectivity index (χ4v) is 4.66. The first-order valence-corrected chi connectivity index (χ1v) is 11.6. The molecular formula is C27H20ClNO7. The molecule has 1 fully saturated rings. The van der Waals surface area contributed by atoms with Crippen LogP contribution in [0.2, 0.25) is 0 Å². The summed E-state index contributed by atoms with van der Waals surface area (Å²) in [4.78, 5) is 52.9. The van der Waals surface area contributed by atoms with Crippen LogP contribution in [-0.4, -0.2) is 59.1 Å². The summed E-state index contributed by atoms with van der Waals surface area (Å²) in [6.45, 7) is -0.325. The molecule has 3 aromatic carbocycles. The zero-order valence-electron chi connectivity index (χ0n) is 18.8. The predicted octanol–water partition coefficient (Wildman–Crippen LogP) is 3.70. The number of halogens is 1. The summed E-state index contributed by atoms with van der Waals surface area (Å²) in [5.74, 6) is -2.46. The third-order valence-corrected chi connectivity index (χ3v) is 6.40. The summed E-state index contributed by atoms with van der Waals surface area (Å²) in [6, 6.07) is 21.8. The fourth-order valence-electron chi connectivity index (χ4n) is 4.33. The number of alkyl halides is 1. The van der Waals surface area contributed by atoms with Crippen LogP contribution in [0.5, 0.6) is 0 Å². The number of benzene rings is 3. The number of hydrogen-bond donors (Lipinski definition) is 0. The lowest BCUT2D eigenvalue weighted by Crippen LogP contribution is -2.52. The zero-order chi connectivity index (χ0) is 25.2. The highest BCUT2D eigenvalue weighted by molar-refractivity contribution is 6.22. The topological polar surface area (TPSA) is 99.2 Å². The van der Waals surface area contributed by atoms with E-state index in [0.717, 1.165) is 4.90 Å². The first kappa shape index (κ1) is 23.7. The maximum atomic E-state index is 13.3. The molecule has 1 saturated heterocycles. The standard InChI is InChI=1S/C27H20ClNO7/c28-23-22(36-27(33)17-11-5-2-6-12-17)21(29-24(30)18-13-7-8-14-19(18)25(29)31)20(35-23)15-34-26(32)16-9-3-1-4-10-16/h1-14,20-23H,15H2/t20-,21+,22?,23-/m1/s1. The molecule has 0 N–H and O–H groups in total. The molecule has 0 radical (unpaired) electrons. The third-order valence-electron chi connectivity index (χ3n) is 6.05. The Balaban J connectivity index is 1.43. The SMILES string of the molecule is O=C(OC[C@H]1O[C@@H](Cl)C(OC(=O)c2ccccc2)[C@H]1N1C(=O)c2ccccc2C1=O)c1ccccc1. The zero-order valence-corrected chi connectivity index (χ0v) is 19.5. The molecule has 2 aliphatic rings. The minimum atomic E-state index is -1.21. The maximum absolute atomic E-state index is 13.3. The van der Waals surface area contributed by atoms with Gasteiger partial charge in [0.25, 0.3) is 11.8 Å². The highest BCUT2D eigenvalue weighted by Gasteiger charge is 2.55. The third kappa shape index (κ3) is 4.36. The van der Waals surface area contributed by atoms with E-state index in [9.17, 15) is 19.2 Å². The number of esters is 2. The van der Waals surface area contributed by atoms with Gasteiger partial charge in [0, 0.05) is 0 Å². The summed E-state index contributed by atoms with van der Waals surface area (Å²) < 4.78 is 16.9. The Bertz CT molecular complexity index is 1280. The fraction of sp³-hybridized carbons (Fsp3) is 0.185. The molecule has 8 nitrogen and oxygen atoms in total. The van der Waals surface area contributed by atoms with E-state index < -0.39 is 47.6 Å². The smallest absolute Gasteiger partial charge is 0.338 e. The van der Waals surface area contributed by atoms with Gasteiger partial charge in [-0.1, -0.05) is 60.1 Å². The number of carbonyl (C=O) groups is 4. The van der Waals surface area contributed by atoms with E-state index in [1.807, 2.05) is 0 Å². The second-order valence-electron chi connectivity index (χ2n) is 8.24. The molecule has 2 aliphatic heterocycles. The summed E-state index contributed by atoms with van der Waals surface area (Å²) in [5.41, 5.74) is -0.182. The highest BCUT2D eigenvalue weighted by Crippen LogP contribution is 2.36. The number of fused-ring (bicyclic) bond motifs is 1. The van der Waals surface area contributed by atoms with Crippen LogP contribution in [0.4, 0.5) is 0 Å². The number of nitrogens with zero attached hydrogens (tertiary/aromatic N) is 1. The van der Waals surface area contributed by atoms with E-state index in [0.29, 0.717) is 5.56 Å². The second-order valence-corrected chi connectivity index (χ2v) is 8.67. The molecule has 0 aromatic heterocycles. The van der Waals surface area contributed by atoms with Crippen molar-refractivity contribution in [1.82, 2.24) is 4.90 Å². The highest BCUT2D eigenvalue weighted by atomic mass is 35.5. The molecule has 2 amide bonds. The van der Waals surface area contributed by atoms with Gasteiger partial charge in [0.15, 0.2) is 11.7 Å². The van der Waals surface area contributed by atoms with Crippen LogP contribution in [-0.2, 0) is 14.2 Å². The summed E-state index contributed by atoms with van der Waals surface area (Å²) in [5, 5.41) is 0. The van der Waals surface area contributed by atoms with Gasteiger partial charge in [-0.25, -0.2) is 9.59 Å². The summed E-state index contributed by atoms with van der Waals surface area (Å²) in [6.07, 6.45) is -2.24. The van der Waals surface area contributed by atoms with Gasteiger partial charge in [0.2, 0.25) is 0 Å².